The van der Waals surface area contributed by atoms with E-state index in [1.165, 1.54) is 12.3 Å². The molecule has 1 aromatic carbocycles. The number of esters is 1. The third kappa shape index (κ3) is 4.08. The summed E-state index contributed by atoms with van der Waals surface area (Å²) in [5.41, 5.74) is 7.50. The van der Waals surface area contributed by atoms with Crippen LogP contribution in [0.25, 0.3) is 0 Å². The maximum Gasteiger partial charge on any atom is 0.326 e. The SMILES string of the molecule is CCOC(=O)CN(c1c(C)cccc1N)S(=O)(=O)c1cnc(Cl)cc1C. The highest BCUT2D eigenvalue weighted by atomic mass is 35.5. The average Bonchev–Trinajstić information content (AvgIpc) is 2.53. The van der Waals surface area contributed by atoms with Gasteiger partial charge in [-0.15, -0.1) is 0 Å². The number of rotatable bonds is 6. The van der Waals surface area contributed by atoms with Crippen LogP contribution >= 0.6 is 11.6 Å². The monoisotopic (exact) mass is 397 g/mol. The van der Waals surface area contributed by atoms with Gasteiger partial charge in [0.2, 0.25) is 0 Å². The summed E-state index contributed by atoms with van der Waals surface area (Å²) in [5, 5.41) is 0.175. The second-order valence-corrected chi connectivity index (χ2v) is 7.82. The van der Waals surface area contributed by atoms with E-state index in [0.29, 0.717) is 11.1 Å². The van der Waals surface area contributed by atoms with Gasteiger partial charge in [-0.2, -0.15) is 0 Å². The zero-order valence-corrected chi connectivity index (χ0v) is 16.3. The molecule has 0 fully saturated rings. The van der Waals surface area contributed by atoms with Crippen LogP contribution < -0.4 is 10.0 Å². The number of benzene rings is 1. The lowest BCUT2D eigenvalue weighted by atomic mass is 10.1. The highest BCUT2D eigenvalue weighted by Crippen LogP contribution is 2.33. The van der Waals surface area contributed by atoms with Crippen LogP contribution in [0, 0.1) is 13.8 Å². The summed E-state index contributed by atoms with van der Waals surface area (Å²) in [6.45, 7) is 4.59. The molecule has 0 aliphatic carbocycles. The van der Waals surface area contributed by atoms with Gasteiger partial charge in [0.1, 0.15) is 16.6 Å². The zero-order chi connectivity index (χ0) is 19.5. The number of nitrogen functional groups attached to an aromatic ring is 1. The van der Waals surface area contributed by atoms with E-state index >= 15 is 0 Å². The number of nitrogens with two attached hydrogens (primary N) is 1. The Hall–Kier alpha value is -2.32. The molecule has 26 heavy (non-hydrogen) atoms. The summed E-state index contributed by atoms with van der Waals surface area (Å²) in [5.74, 6) is -0.682. The van der Waals surface area contributed by atoms with Gasteiger partial charge in [0.25, 0.3) is 10.0 Å². The van der Waals surface area contributed by atoms with Crippen LogP contribution in [0.3, 0.4) is 0 Å². The van der Waals surface area contributed by atoms with E-state index < -0.39 is 22.5 Å². The lowest BCUT2D eigenvalue weighted by molar-refractivity contribution is -0.141. The largest absolute Gasteiger partial charge is 0.465 e. The Kier molecular flexibility index (Phi) is 6.09. The molecule has 0 atom stereocenters. The van der Waals surface area contributed by atoms with Crippen molar-refractivity contribution in [3.05, 3.63) is 46.7 Å². The lowest BCUT2D eigenvalue weighted by Gasteiger charge is -2.27. The summed E-state index contributed by atoms with van der Waals surface area (Å²) >= 11 is 5.83. The summed E-state index contributed by atoms with van der Waals surface area (Å²) in [6.07, 6.45) is 1.17. The Balaban J connectivity index is 2.64. The Labute approximate surface area is 157 Å². The van der Waals surface area contributed by atoms with Crippen LogP contribution in [-0.4, -0.2) is 32.5 Å². The molecule has 2 rings (SSSR count). The molecule has 0 amide bonds. The molecule has 0 unspecified atom stereocenters. The summed E-state index contributed by atoms with van der Waals surface area (Å²) in [6, 6.07) is 6.44. The van der Waals surface area contributed by atoms with E-state index in [1.807, 2.05) is 0 Å². The molecule has 1 aromatic heterocycles. The van der Waals surface area contributed by atoms with Crippen LogP contribution in [0.5, 0.6) is 0 Å². The first-order valence-corrected chi connectivity index (χ1v) is 9.65. The number of nitrogens with zero attached hydrogens (tertiary/aromatic N) is 2. The molecule has 0 bridgehead atoms. The Morgan fingerprint density at radius 3 is 2.58 bits per heavy atom. The quantitative estimate of drug-likeness (QED) is 0.456. The minimum absolute atomic E-state index is 0.0612. The number of carbonyl (C=O) groups excluding carboxylic acids is 1. The summed E-state index contributed by atoms with van der Waals surface area (Å²) in [4.78, 5) is 15.9. The number of carbonyl (C=O) groups is 1. The fraction of sp³-hybridized carbons (Fsp3) is 0.294. The minimum atomic E-state index is -4.13. The van der Waals surface area contributed by atoms with Crippen LogP contribution in [0.4, 0.5) is 11.4 Å². The number of aryl methyl sites for hydroxylation is 2. The zero-order valence-electron chi connectivity index (χ0n) is 14.7. The average molecular weight is 398 g/mol. The molecule has 0 aliphatic rings. The van der Waals surface area contributed by atoms with Crippen molar-refractivity contribution in [2.24, 2.45) is 0 Å². The van der Waals surface area contributed by atoms with Crippen molar-refractivity contribution in [2.75, 3.05) is 23.2 Å². The van der Waals surface area contributed by atoms with E-state index in [2.05, 4.69) is 4.98 Å². The van der Waals surface area contributed by atoms with Gasteiger partial charge in [0, 0.05) is 6.20 Å². The Bertz CT molecular complexity index is 911. The molecule has 0 spiro atoms. The first-order chi connectivity index (χ1) is 12.2. The molecule has 0 saturated heterocycles. The molecule has 0 aliphatic heterocycles. The fourth-order valence-electron chi connectivity index (χ4n) is 2.53. The van der Waals surface area contributed by atoms with E-state index in [1.54, 1.807) is 39.0 Å². The molecular weight excluding hydrogens is 378 g/mol. The molecule has 9 heteroatoms. The van der Waals surface area contributed by atoms with Crippen LogP contribution in [0.1, 0.15) is 18.1 Å². The van der Waals surface area contributed by atoms with Gasteiger partial charge >= 0.3 is 5.97 Å². The highest BCUT2D eigenvalue weighted by molar-refractivity contribution is 7.93. The predicted molar refractivity (Wildman–Crippen MR) is 101 cm³/mol. The topological polar surface area (TPSA) is 103 Å². The normalized spacial score (nSPS) is 11.2. The van der Waals surface area contributed by atoms with Gasteiger partial charge in [-0.25, -0.2) is 13.4 Å². The number of sulfonamides is 1. The number of pyridine rings is 1. The van der Waals surface area contributed by atoms with Crippen molar-refractivity contribution in [1.29, 1.82) is 0 Å². The van der Waals surface area contributed by atoms with Crippen LogP contribution in [-0.2, 0) is 19.6 Å². The molecule has 0 radical (unpaired) electrons. The third-order valence-electron chi connectivity index (χ3n) is 3.69. The van der Waals surface area contributed by atoms with Gasteiger partial charge < -0.3 is 10.5 Å². The number of halogens is 1. The van der Waals surface area contributed by atoms with Crippen LogP contribution in [0.2, 0.25) is 5.15 Å². The minimum Gasteiger partial charge on any atom is -0.465 e. The lowest BCUT2D eigenvalue weighted by Crippen LogP contribution is -2.38. The molecular formula is C17H20ClN3O4S. The van der Waals surface area contributed by atoms with Gasteiger partial charge in [0.05, 0.1) is 18.0 Å². The maximum absolute atomic E-state index is 13.3. The number of hydrogen-bond acceptors (Lipinski definition) is 6. The van der Waals surface area contributed by atoms with Crippen LogP contribution in [0.15, 0.2) is 35.4 Å². The second-order valence-electron chi connectivity index (χ2n) is 5.60. The van der Waals surface area contributed by atoms with E-state index in [0.717, 1.165) is 4.31 Å². The number of aromatic nitrogens is 1. The van der Waals surface area contributed by atoms with E-state index in [-0.39, 0.29) is 28.0 Å². The molecule has 2 aromatic rings. The standard InChI is InChI=1S/C17H20ClN3O4S/c1-4-25-16(22)10-21(17-11(2)6-5-7-13(17)19)26(23,24)14-9-20-15(18)8-12(14)3/h5-9H,4,10,19H2,1-3H3. The van der Waals surface area contributed by atoms with Crippen molar-refractivity contribution >= 4 is 39.0 Å². The number of anilines is 2. The third-order valence-corrected chi connectivity index (χ3v) is 5.78. The second kappa shape index (κ2) is 7.92. The first kappa shape index (κ1) is 20.0. The molecule has 7 nitrogen and oxygen atoms in total. The number of hydrogen-bond donors (Lipinski definition) is 1. The van der Waals surface area contributed by atoms with Gasteiger partial charge in [-0.3, -0.25) is 9.10 Å². The maximum atomic E-state index is 13.3. The molecule has 0 saturated carbocycles. The van der Waals surface area contributed by atoms with E-state index in [4.69, 9.17) is 22.1 Å². The Morgan fingerprint density at radius 1 is 1.31 bits per heavy atom. The summed E-state index contributed by atoms with van der Waals surface area (Å²) < 4.78 is 32.5. The van der Waals surface area contributed by atoms with Gasteiger partial charge in [-0.1, -0.05) is 23.7 Å². The van der Waals surface area contributed by atoms with Crippen molar-refractivity contribution in [3.63, 3.8) is 0 Å². The Morgan fingerprint density at radius 2 is 2.00 bits per heavy atom. The van der Waals surface area contributed by atoms with Gasteiger partial charge in [0.15, 0.2) is 0 Å². The first-order valence-electron chi connectivity index (χ1n) is 7.84. The smallest absolute Gasteiger partial charge is 0.326 e. The highest BCUT2D eigenvalue weighted by Gasteiger charge is 2.31. The fourth-order valence-corrected chi connectivity index (χ4v) is 4.40. The number of para-hydroxylation sites is 1. The van der Waals surface area contributed by atoms with Crippen molar-refractivity contribution < 1.29 is 17.9 Å². The van der Waals surface area contributed by atoms with Crippen molar-refractivity contribution in [3.8, 4) is 0 Å². The van der Waals surface area contributed by atoms with Crippen molar-refractivity contribution in [1.82, 2.24) is 4.98 Å². The molecule has 1 heterocycles. The van der Waals surface area contributed by atoms with Crippen molar-refractivity contribution in [2.45, 2.75) is 25.7 Å². The molecule has 2 N–H and O–H groups in total. The van der Waals surface area contributed by atoms with Gasteiger partial charge in [-0.05, 0) is 44.0 Å². The predicted octanol–water partition coefficient (Wildman–Crippen LogP) is 2.69. The summed E-state index contributed by atoms with van der Waals surface area (Å²) in [7, 11) is -4.13. The molecule has 140 valence electrons. The number of ether oxygens (including phenoxy) is 1. The van der Waals surface area contributed by atoms with E-state index in [9.17, 15) is 13.2 Å².